The fourth-order valence-electron chi connectivity index (χ4n) is 2.18. The number of benzene rings is 2. The van der Waals surface area contributed by atoms with E-state index >= 15 is 0 Å². The van der Waals surface area contributed by atoms with E-state index in [4.69, 9.17) is 0 Å². The molecule has 102 valence electrons. The van der Waals surface area contributed by atoms with Gasteiger partial charge in [-0.2, -0.15) is 0 Å². The zero-order valence-electron chi connectivity index (χ0n) is 10.3. The summed E-state index contributed by atoms with van der Waals surface area (Å²) in [4.78, 5) is 12.1. The number of nitrogens with zero attached hydrogens (tertiary/aromatic N) is 1. The van der Waals surface area contributed by atoms with E-state index in [0.717, 1.165) is 8.78 Å². The van der Waals surface area contributed by atoms with Gasteiger partial charge in [0.25, 0.3) is 10.0 Å². The van der Waals surface area contributed by atoms with E-state index < -0.39 is 10.0 Å². The summed E-state index contributed by atoms with van der Waals surface area (Å²) in [6, 6.07) is 13.1. The molecule has 0 unspecified atom stereocenters. The third-order valence-corrected chi connectivity index (χ3v) is 5.46. The monoisotopic (exact) mass is 351 g/mol. The molecule has 0 saturated carbocycles. The molecule has 4 nitrogen and oxygen atoms in total. The maximum absolute atomic E-state index is 12.6. The minimum atomic E-state index is -3.71. The van der Waals surface area contributed by atoms with Gasteiger partial charge >= 0.3 is 0 Å². The molecular formula is C14H10BrNO3S. The molecule has 1 heterocycles. The molecule has 1 aliphatic rings. The molecular weight excluding hydrogens is 342 g/mol. The van der Waals surface area contributed by atoms with Gasteiger partial charge in [0.15, 0.2) is 5.78 Å². The average molecular weight is 352 g/mol. The van der Waals surface area contributed by atoms with E-state index in [1.54, 1.807) is 36.4 Å². The van der Waals surface area contributed by atoms with Gasteiger partial charge in [0.2, 0.25) is 0 Å². The Labute approximate surface area is 125 Å². The van der Waals surface area contributed by atoms with Crippen LogP contribution in [0.2, 0.25) is 0 Å². The average Bonchev–Trinajstić information content (AvgIpc) is 2.78. The summed E-state index contributed by atoms with van der Waals surface area (Å²) in [5, 5.41) is 0. The molecule has 2 aromatic rings. The minimum Gasteiger partial charge on any atom is -0.292 e. The molecule has 0 N–H and O–H groups in total. The van der Waals surface area contributed by atoms with Crippen molar-refractivity contribution < 1.29 is 13.2 Å². The second kappa shape index (κ2) is 4.71. The second-order valence-corrected chi connectivity index (χ2v) is 7.18. The molecule has 3 rings (SSSR count). The first kappa shape index (κ1) is 13.3. The fraction of sp³-hybridized carbons (Fsp3) is 0.0714. The van der Waals surface area contributed by atoms with E-state index in [9.17, 15) is 13.2 Å². The highest BCUT2D eigenvalue weighted by molar-refractivity contribution is 9.10. The number of carbonyl (C=O) groups excluding carboxylic acids is 1. The standard InChI is InChI=1S/C14H10BrNO3S/c15-10-5-7-11(8-6-10)20(18,19)16-9-14(17)12-3-1-2-4-13(12)16/h1-8H,9H2. The van der Waals surface area contributed by atoms with E-state index in [1.165, 1.54) is 12.1 Å². The highest BCUT2D eigenvalue weighted by Gasteiger charge is 2.35. The number of sulfonamides is 1. The number of Topliss-reactive ketones (excluding diaryl/α,β-unsaturated/α-hetero) is 1. The quantitative estimate of drug-likeness (QED) is 0.835. The molecule has 1 aliphatic heterocycles. The number of ketones is 1. The van der Waals surface area contributed by atoms with Crippen molar-refractivity contribution in [1.82, 2.24) is 0 Å². The molecule has 0 saturated heterocycles. The van der Waals surface area contributed by atoms with Crippen LogP contribution < -0.4 is 4.31 Å². The summed E-state index contributed by atoms with van der Waals surface area (Å²) >= 11 is 3.27. The SMILES string of the molecule is O=C1CN(S(=O)(=O)c2ccc(Br)cc2)c2ccccc21. The smallest absolute Gasteiger partial charge is 0.264 e. The molecule has 0 aromatic heterocycles. The van der Waals surface area contributed by atoms with Crippen molar-refractivity contribution in [1.29, 1.82) is 0 Å². The number of rotatable bonds is 2. The van der Waals surface area contributed by atoms with Crippen LogP contribution in [0.25, 0.3) is 0 Å². The van der Waals surface area contributed by atoms with Gasteiger partial charge in [-0.05, 0) is 36.4 Å². The summed E-state index contributed by atoms with van der Waals surface area (Å²) in [7, 11) is -3.71. The molecule has 0 bridgehead atoms. The van der Waals surface area contributed by atoms with Crippen molar-refractivity contribution in [2.45, 2.75) is 4.90 Å². The Bertz CT molecular complexity index is 784. The van der Waals surface area contributed by atoms with Crippen LogP contribution in [0.15, 0.2) is 57.9 Å². The van der Waals surface area contributed by atoms with Gasteiger partial charge in [-0.1, -0.05) is 28.1 Å². The van der Waals surface area contributed by atoms with Crippen LogP contribution in [0.3, 0.4) is 0 Å². The van der Waals surface area contributed by atoms with Crippen molar-refractivity contribution >= 4 is 37.4 Å². The first-order valence-electron chi connectivity index (χ1n) is 5.91. The predicted octanol–water partition coefficient (Wildman–Crippen LogP) is 2.84. The zero-order chi connectivity index (χ0) is 14.3. The molecule has 0 amide bonds. The molecule has 0 radical (unpaired) electrons. The zero-order valence-corrected chi connectivity index (χ0v) is 12.7. The third kappa shape index (κ3) is 2.05. The lowest BCUT2D eigenvalue weighted by Gasteiger charge is -2.18. The number of fused-ring (bicyclic) bond motifs is 1. The van der Waals surface area contributed by atoms with Gasteiger partial charge in [-0.25, -0.2) is 8.42 Å². The van der Waals surface area contributed by atoms with Gasteiger partial charge in [0, 0.05) is 10.0 Å². The highest BCUT2D eigenvalue weighted by atomic mass is 79.9. The Morgan fingerprint density at radius 1 is 1.00 bits per heavy atom. The molecule has 0 aliphatic carbocycles. The van der Waals surface area contributed by atoms with Crippen molar-refractivity contribution in [2.24, 2.45) is 0 Å². The topological polar surface area (TPSA) is 54.5 Å². The lowest BCUT2D eigenvalue weighted by atomic mass is 10.1. The maximum Gasteiger partial charge on any atom is 0.264 e. The largest absolute Gasteiger partial charge is 0.292 e. The lowest BCUT2D eigenvalue weighted by Crippen LogP contribution is -2.30. The Kier molecular flexibility index (Phi) is 3.14. The summed E-state index contributed by atoms with van der Waals surface area (Å²) in [6.45, 7) is -0.141. The Morgan fingerprint density at radius 2 is 1.65 bits per heavy atom. The third-order valence-electron chi connectivity index (χ3n) is 3.16. The van der Waals surface area contributed by atoms with Gasteiger partial charge in [0.05, 0.1) is 17.1 Å². The van der Waals surface area contributed by atoms with E-state index in [0.29, 0.717) is 11.3 Å². The number of hydrogen-bond acceptors (Lipinski definition) is 3. The van der Waals surface area contributed by atoms with Crippen LogP contribution in [0.5, 0.6) is 0 Å². The molecule has 0 atom stereocenters. The lowest BCUT2D eigenvalue weighted by molar-refractivity contribution is 0.101. The van der Waals surface area contributed by atoms with Gasteiger partial charge in [-0.3, -0.25) is 9.10 Å². The van der Waals surface area contributed by atoms with Gasteiger partial charge < -0.3 is 0 Å². The molecule has 6 heteroatoms. The summed E-state index contributed by atoms with van der Waals surface area (Å²) in [5.41, 5.74) is 0.897. The van der Waals surface area contributed by atoms with Crippen LogP contribution >= 0.6 is 15.9 Å². The van der Waals surface area contributed by atoms with Gasteiger partial charge in [0.1, 0.15) is 0 Å². The summed E-state index contributed by atoms with van der Waals surface area (Å²) in [6.07, 6.45) is 0. The maximum atomic E-state index is 12.6. The fourth-order valence-corrected chi connectivity index (χ4v) is 3.88. The van der Waals surface area contributed by atoms with Crippen molar-refractivity contribution in [3.8, 4) is 0 Å². The Balaban J connectivity index is 2.10. The van der Waals surface area contributed by atoms with Crippen molar-refractivity contribution in [3.05, 3.63) is 58.6 Å². The minimum absolute atomic E-state index is 0.141. The van der Waals surface area contributed by atoms with Crippen LogP contribution in [0, 0.1) is 0 Å². The Morgan fingerprint density at radius 3 is 2.35 bits per heavy atom. The number of halogens is 1. The van der Waals surface area contributed by atoms with Gasteiger partial charge in [-0.15, -0.1) is 0 Å². The number of anilines is 1. The highest BCUT2D eigenvalue weighted by Crippen LogP contribution is 2.32. The van der Waals surface area contributed by atoms with E-state index in [1.807, 2.05) is 0 Å². The normalized spacial score (nSPS) is 14.4. The molecule has 2 aromatic carbocycles. The van der Waals surface area contributed by atoms with Crippen LogP contribution in [-0.2, 0) is 10.0 Å². The molecule has 20 heavy (non-hydrogen) atoms. The van der Waals surface area contributed by atoms with E-state index in [2.05, 4.69) is 15.9 Å². The first-order chi connectivity index (χ1) is 9.50. The van der Waals surface area contributed by atoms with Crippen molar-refractivity contribution in [3.63, 3.8) is 0 Å². The number of carbonyl (C=O) groups is 1. The molecule has 0 fully saturated rings. The number of para-hydroxylation sites is 1. The molecule has 0 spiro atoms. The predicted molar refractivity (Wildman–Crippen MR) is 79.4 cm³/mol. The summed E-state index contributed by atoms with van der Waals surface area (Å²) < 4.78 is 27.2. The second-order valence-electron chi connectivity index (χ2n) is 4.41. The van der Waals surface area contributed by atoms with Crippen molar-refractivity contribution in [2.75, 3.05) is 10.8 Å². The summed E-state index contributed by atoms with van der Waals surface area (Å²) in [5.74, 6) is -0.179. The number of hydrogen-bond donors (Lipinski definition) is 0. The van der Waals surface area contributed by atoms with Crippen LogP contribution in [0.1, 0.15) is 10.4 Å². The van der Waals surface area contributed by atoms with E-state index in [-0.39, 0.29) is 17.2 Å². The first-order valence-corrected chi connectivity index (χ1v) is 8.14. The van der Waals surface area contributed by atoms with Crippen LogP contribution in [0.4, 0.5) is 5.69 Å². The Hall–Kier alpha value is -1.66. The van der Waals surface area contributed by atoms with Crippen LogP contribution in [-0.4, -0.2) is 20.7 Å².